The Kier molecular flexibility index (Phi) is 3.50. The smallest absolute Gasteiger partial charge is 0.255 e. The highest BCUT2D eigenvalue weighted by atomic mass is 79.9. The van der Waals surface area contributed by atoms with Crippen LogP contribution in [0.15, 0.2) is 27.1 Å². The molecule has 0 spiro atoms. The molecule has 0 heterocycles. The third-order valence-electron chi connectivity index (χ3n) is 3.56. The molecule has 2 aliphatic rings. The van der Waals surface area contributed by atoms with Crippen molar-refractivity contribution < 1.29 is 4.79 Å². The Balaban J connectivity index is 1.83. The van der Waals surface area contributed by atoms with Gasteiger partial charge in [0.15, 0.2) is 0 Å². The second-order valence-corrected chi connectivity index (χ2v) is 7.03. The van der Waals surface area contributed by atoms with Gasteiger partial charge >= 0.3 is 0 Å². The van der Waals surface area contributed by atoms with Crippen molar-refractivity contribution in [2.24, 2.45) is 5.92 Å². The summed E-state index contributed by atoms with van der Waals surface area (Å²) in [5.74, 6) is 0.929. The average molecular weight is 373 g/mol. The number of amides is 1. The maximum absolute atomic E-state index is 12.6. The molecule has 1 aromatic rings. The number of halogens is 2. The summed E-state index contributed by atoms with van der Waals surface area (Å²) in [7, 11) is 0. The fourth-order valence-corrected chi connectivity index (χ4v) is 2.96. The van der Waals surface area contributed by atoms with Gasteiger partial charge in [0.05, 0.1) is 5.56 Å². The molecule has 2 aliphatic carbocycles. The lowest BCUT2D eigenvalue weighted by atomic mass is 10.2. The average Bonchev–Trinajstić information content (AvgIpc) is 3.21. The zero-order valence-electron chi connectivity index (χ0n) is 10.0. The Labute approximate surface area is 124 Å². The highest BCUT2D eigenvalue weighted by molar-refractivity contribution is 9.11. The van der Waals surface area contributed by atoms with E-state index in [2.05, 4.69) is 36.8 Å². The first-order valence-corrected chi connectivity index (χ1v) is 8.00. The van der Waals surface area contributed by atoms with E-state index >= 15 is 0 Å². The number of hydrogen-bond donors (Lipinski definition) is 0. The van der Waals surface area contributed by atoms with Crippen LogP contribution < -0.4 is 0 Å². The molecule has 0 radical (unpaired) electrons. The topological polar surface area (TPSA) is 20.3 Å². The van der Waals surface area contributed by atoms with Crippen molar-refractivity contribution in [2.45, 2.75) is 31.7 Å². The van der Waals surface area contributed by atoms with Gasteiger partial charge in [0.25, 0.3) is 5.91 Å². The largest absolute Gasteiger partial charge is 0.335 e. The number of nitrogens with zero attached hydrogens (tertiary/aromatic N) is 1. The van der Waals surface area contributed by atoms with Crippen molar-refractivity contribution >= 4 is 37.8 Å². The summed E-state index contributed by atoms with van der Waals surface area (Å²) in [4.78, 5) is 14.7. The first-order valence-electron chi connectivity index (χ1n) is 6.41. The molecular weight excluding hydrogens is 358 g/mol. The summed E-state index contributed by atoms with van der Waals surface area (Å²) in [5.41, 5.74) is 0.775. The molecule has 2 nitrogen and oxygen atoms in total. The van der Waals surface area contributed by atoms with E-state index in [1.165, 1.54) is 25.7 Å². The molecule has 0 atom stereocenters. The lowest BCUT2D eigenvalue weighted by molar-refractivity contribution is 0.0734. The van der Waals surface area contributed by atoms with Crippen molar-refractivity contribution in [2.75, 3.05) is 6.54 Å². The Hall–Kier alpha value is -0.350. The molecule has 0 aliphatic heterocycles. The van der Waals surface area contributed by atoms with Crippen LogP contribution in [0.3, 0.4) is 0 Å². The van der Waals surface area contributed by atoms with Gasteiger partial charge in [0.2, 0.25) is 0 Å². The predicted octanol–water partition coefficient (Wildman–Crippen LogP) is 4.23. The van der Waals surface area contributed by atoms with Crippen LogP contribution in [0.1, 0.15) is 36.0 Å². The monoisotopic (exact) mass is 371 g/mol. The maximum Gasteiger partial charge on any atom is 0.255 e. The van der Waals surface area contributed by atoms with E-state index in [1.807, 2.05) is 18.2 Å². The second kappa shape index (κ2) is 4.97. The van der Waals surface area contributed by atoms with E-state index in [0.717, 1.165) is 27.0 Å². The summed E-state index contributed by atoms with van der Waals surface area (Å²) < 4.78 is 1.84. The van der Waals surface area contributed by atoms with Gasteiger partial charge in [0.1, 0.15) is 0 Å². The highest BCUT2D eigenvalue weighted by Gasteiger charge is 2.37. The summed E-state index contributed by atoms with van der Waals surface area (Å²) in [6, 6.07) is 6.28. The van der Waals surface area contributed by atoms with Crippen molar-refractivity contribution in [1.82, 2.24) is 4.90 Å². The fraction of sp³-hybridized carbons (Fsp3) is 0.500. The Morgan fingerprint density at radius 2 is 1.94 bits per heavy atom. The van der Waals surface area contributed by atoms with Gasteiger partial charge in [-0.15, -0.1) is 0 Å². The van der Waals surface area contributed by atoms with E-state index in [-0.39, 0.29) is 5.91 Å². The molecule has 18 heavy (non-hydrogen) atoms. The number of carbonyl (C=O) groups excluding carboxylic acids is 1. The molecule has 2 fully saturated rings. The molecule has 3 rings (SSSR count). The molecule has 0 aromatic heterocycles. The van der Waals surface area contributed by atoms with E-state index in [4.69, 9.17) is 0 Å². The molecule has 1 aromatic carbocycles. The molecular formula is C14H15Br2NO. The standard InChI is InChI=1S/C14H15Br2NO/c15-10-3-6-13(16)12(7-10)14(18)17(11-4-5-11)8-9-1-2-9/h3,6-7,9,11H,1-2,4-5,8H2. The second-order valence-electron chi connectivity index (χ2n) is 5.26. The minimum Gasteiger partial charge on any atom is -0.335 e. The molecule has 2 saturated carbocycles. The van der Waals surface area contributed by atoms with E-state index in [0.29, 0.717) is 6.04 Å². The molecule has 0 N–H and O–H groups in total. The lowest BCUT2D eigenvalue weighted by Crippen LogP contribution is -2.35. The summed E-state index contributed by atoms with van der Waals surface area (Å²) in [6.45, 7) is 0.947. The number of hydrogen-bond acceptors (Lipinski definition) is 1. The van der Waals surface area contributed by atoms with Crippen LogP contribution >= 0.6 is 31.9 Å². The van der Waals surface area contributed by atoms with E-state index in [9.17, 15) is 4.79 Å². The molecule has 0 saturated heterocycles. The van der Waals surface area contributed by atoms with Gasteiger partial charge in [-0.05, 0) is 65.7 Å². The first-order chi connectivity index (χ1) is 8.65. The Morgan fingerprint density at radius 1 is 1.22 bits per heavy atom. The van der Waals surface area contributed by atoms with Gasteiger partial charge in [-0.2, -0.15) is 0 Å². The van der Waals surface area contributed by atoms with Crippen LogP contribution in [0.2, 0.25) is 0 Å². The fourth-order valence-electron chi connectivity index (χ4n) is 2.18. The Morgan fingerprint density at radius 3 is 2.56 bits per heavy atom. The van der Waals surface area contributed by atoms with Crippen LogP contribution in [-0.4, -0.2) is 23.4 Å². The molecule has 0 unspecified atom stereocenters. The van der Waals surface area contributed by atoms with E-state index in [1.54, 1.807) is 0 Å². The van der Waals surface area contributed by atoms with Gasteiger partial charge < -0.3 is 4.90 Å². The summed E-state index contributed by atoms with van der Waals surface area (Å²) >= 11 is 6.92. The van der Waals surface area contributed by atoms with Gasteiger partial charge in [-0.1, -0.05) is 15.9 Å². The first kappa shape index (κ1) is 12.7. The van der Waals surface area contributed by atoms with Crippen molar-refractivity contribution in [3.8, 4) is 0 Å². The van der Waals surface area contributed by atoms with Crippen molar-refractivity contribution in [3.05, 3.63) is 32.7 Å². The van der Waals surface area contributed by atoms with E-state index < -0.39 is 0 Å². The van der Waals surface area contributed by atoms with Crippen molar-refractivity contribution in [1.29, 1.82) is 0 Å². The third-order valence-corrected chi connectivity index (χ3v) is 4.74. The quantitative estimate of drug-likeness (QED) is 0.774. The molecule has 96 valence electrons. The number of carbonyl (C=O) groups is 1. The predicted molar refractivity (Wildman–Crippen MR) is 78.6 cm³/mol. The zero-order valence-corrected chi connectivity index (χ0v) is 13.2. The minimum atomic E-state index is 0.178. The molecule has 4 heteroatoms. The summed E-state index contributed by atoms with van der Waals surface area (Å²) in [5, 5.41) is 0. The minimum absolute atomic E-state index is 0.178. The van der Waals surface area contributed by atoms with Gasteiger partial charge in [0, 0.05) is 21.5 Å². The van der Waals surface area contributed by atoms with Crippen LogP contribution in [0, 0.1) is 5.92 Å². The van der Waals surface area contributed by atoms with Gasteiger partial charge in [-0.3, -0.25) is 4.79 Å². The lowest BCUT2D eigenvalue weighted by Gasteiger charge is -2.23. The van der Waals surface area contributed by atoms with Gasteiger partial charge in [-0.25, -0.2) is 0 Å². The van der Waals surface area contributed by atoms with Crippen LogP contribution in [-0.2, 0) is 0 Å². The maximum atomic E-state index is 12.6. The third kappa shape index (κ3) is 2.80. The molecule has 0 bridgehead atoms. The summed E-state index contributed by atoms with van der Waals surface area (Å²) in [6.07, 6.45) is 4.92. The Bertz CT molecular complexity index is 481. The van der Waals surface area contributed by atoms with Crippen LogP contribution in [0.25, 0.3) is 0 Å². The number of rotatable bonds is 4. The SMILES string of the molecule is O=C(c1cc(Br)ccc1Br)N(CC1CC1)C1CC1. The highest BCUT2D eigenvalue weighted by Crippen LogP contribution is 2.36. The normalized spacial score (nSPS) is 18.8. The van der Waals surface area contributed by atoms with Crippen molar-refractivity contribution in [3.63, 3.8) is 0 Å². The zero-order chi connectivity index (χ0) is 12.7. The molecule has 1 amide bonds. The number of benzene rings is 1. The van der Waals surface area contributed by atoms with Crippen LogP contribution in [0.5, 0.6) is 0 Å². The van der Waals surface area contributed by atoms with Crippen LogP contribution in [0.4, 0.5) is 0 Å².